The van der Waals surface area contributed by atoms with Gasteiger partial charge in [-0.25, -0.2) is 0 Å². The molecule has 0 unspecified atom stereocenters. The molecule has 0 aromatic heterocycles. The lowest BCUT2D eigenvalue weighted by Gasteiger charge is -2.30. The second-order valence-corrected chi connectivity index (χ2v) is 4.62. The summed E-state index contributed by atoms with van der Waals surface area (Å²) in [5.74, 6) is 1.84. The molecule has 16 heavy (non-hydrogen) atoms. The first-order valence-corrected chi connectivity index (χ1v) is 5.67. The normalized spacial score (nSPS) is 17.1. The number of rotatable bonds is 2. The third-order valence-corrected chi connectivity index (χ3v) is 2.62. The minimum atomic E-state index is -0.218. The van der Waals surface area contributed by atoms with E-state index in [1.165, 1.54) is 5.57 Å². The molecule has 1 aromatic carbocycles. The van der Waals surface area contributed by atoms with Crippen LogP contribution in [0.1, 0.15) is 33.3 Å². The van der Waals surface area contributed by atoms with Crippen molar-refractivity contribution >= 4 is 5.57 Å². The van der Waals surface area contributed by atoms with Gasteiger partial charge in [0.05, 0.1) is 6.61 Å². The summed E-state index contributed by atoms with van der Waals surface area (Å²) >= 11 is 0. The number of benzene rings is 1. The van der Waals surface area contributed by atoms with Crippen LogP contribution in [0.25, 0.3) is 5.57 Å². The molecule has 1 heterocycles. The van der Waals surface area contributed by atoms with Crippen molar-refractivity contribution in [1.29, 1.82) is 0 Å². The highest BCUT2D eigenvalue weighted by molar-refractivity contribution is 5.73. The number of hydrogen-bond acceptors (Lipinski definition) is 2. The Labute approximate surface area is 96.9 Å². The fourth-order valence-electron chi connectivity index (χ4n) is 2.07. The molecule has 0 radical (unpaired) electrons. The lowest BCUT2D eigenvalue weighted by molar-refractivity contribution is 0.157. The molecule has 0 saturated heterocycles. The molecule has 86 valence electrons. The Morgan fingerprint density at radius 2 is 2.06 bits per heavy atom. The second kappa shape index (κ2) is 3.85. The fraction of sp³-hybridized carbons (Fsp3) is 0.429. The molecule has 1 aliphatic heterocycles. The van der Waals surface area contributed by atoms with E-state index in [9.17, 15) is 0 Å². The molecular formula is C14H18O2. The zero-order valence-electron chi connectivity index (χ0n) is 10.3. The van der Waals surface area contributed by atoms with E-state index in [0.29, 0.717) is 6.61 Å². The molecule has 0 saturated carbocycles. The molecule has 1 aliphatic rings. The molecule has 2 rings (SSSR count). The standard InChI is InChI=1S/C14H18O2/c1-5-15-11-6-7-13-12(8-11)10(2)9-14(3,4)16-13/h6-9H,5H2,1-4H3. The van der Waals surface area contributed by atoms with Gasteiger partial charge in [-0.15, -0.1) is 0 Å². The van der Waals surface area contributed by atoms with Crippen molar-refractivity contribution in [3.8, 4) is 11.5 Å². The van der Waals surface area contributed by atoms with E-state index in [0.717, 1.165) is 17.1 Å². The van der Waals surface area contributed by atoms with Crippen LogP contribution in [-0.2, 0) is 0 Å². The largest absolute Gasteiger partial charge is 0.494 e. The minimum Gasteiger partial charge on any atom is -0.494 e. The van der Waals surface area contributed by atoms with Crippen LogP contribution < -0.4 is 9.47 Å². The van der Waals surface area contributed by atoms with Gasteiger partial charge in [-0.05, 0) is 57.5 Å². The van der Waals surface area contributed by atoms with Gasteiger partial charge in [0.2, 0.25) is 0 Å². The van der Waals surface area contributed by atoms with Gasteiger partial charge in [0.25, 0.3) is 0 Å². The monoisotopic (exact) mass is 218 g/mol. The molecule has 0 atom stereocenters. The smallest absolute Gasteiger partial charge is 0.128 e. The lowest BCUT2D eigenvalue weighted by Crippen LogP contribution is -2.28. The summed E-state index contributed by atoms with van der Waals surface area (Å²) in [7, 11) is 0. The summed E-state index contributed by atoms with van der Waals surface area (Å²) in [6.07, 6.45) is 2.14. The first-order chi connectivity index (χ1) is 7.52. The van der Waals surface area contributed by atoms with Gasteiger partial charge >= 0.3 is 0 Å². The summed E-state index contributed by atoms with van der Waals surface area (Å²) in [6, 6.07) is 5.98. The maximum Gasteiger partial charge on any atom is 0.128 e. The summed E-state index contributed by atoms with van der Waals surface area (Å²) in [6.45, 7) is 8.92. The van der Waals surface area contributed by atoms with Gasteiger partial charge in [0, 0.05) is 5.56 Å². The van der Waals surface area contributed by atoms with E-state index in [1.807, 2.05) is 25.1 Å². The molecule has 0 N–H and O–H groups in total. The minimum absolute atomic E-state index is 0.218. The van der Waals surface area contributed by atoms with E-state index in [2.05, 4.69) is 26.8 Å². The lowest BCUT2D eigenvalue weighted by atomic mass is 9.96. The van der Waals surface area contributed by atoms with E-state index < -0.39 is 0 Å². The molecule has 2 nitrogen and oxygen atoms in total. The first-order valence-electron chi connectivity index (χ1n) is 5.67. The third kappa shape index (κ3) is 2.06. The molecule has 0 fully saturated rings. The average Bonchev–Trinajstić information content (AvgIpc) is 2.18. The Morgan fingerprint density at radius 1 is 1.31 bits per heavy atom. The third-order valence-electron chi connectivity index (χ3n) is 2.62. The second-order valence-electron chi connectivity index (χ2n) is 4.62. The number of fused-ring (bicyclic) bond motifs is 1. The SMILES string of the molecule is CCOc1ccc2c(c1)C(C)=CC(C)(C)O2. The van der Waals surface area contributed by atoms with Crippen molar-refractivity contribution in [3.63, 3.8) is 0 Å². The van der Waals surface area contributed by atoms with Gasteiger partial charge in [0.15, 0.2) is 0 Å². The van der Waals surface area contributed by atoms with Gasteiger partial charge < -0.3 is 9.47 Å². The topological polar surface area (TPSA) is 18.5 Å². The highest BCUT2D eigenvalue weighted by atomic mass is 16.5. The molecule has 0 aliphatic carbocycles. The summed E-state index contributed by atoms with van der Waals surface area (Å²) in [5.41, 5.74) is 2.16. The highest BCUT2D eigenvalue weighted by Gasteiger charge is 2.24. The molecule has 0 amide bonds. The van der Waals surface area contributed by atoms with E-state index in [-0.39, 0.29) is 5.60 Å². The van der Waals surface area contributed by atoms with Crippen molar-refractivity contribution in [2.24, 2.45) is 0 Å². The predicted molar refractivity (Wildman–Crippen MR) is 66.0 cm³/mol. The quantitative estimate of drug-likeness (QED) is 0.754. The van der Waals surface area contributed by atoms with Crippen molar-refractivity contribution < 1.29 is 9.47 Å². The number of ether oxygens (including phenoxy) is 2. The zero-order chi connectivity index (χ0) is 11.8. The van der Waals surface area contributed by atoms with Crippen molar-refractivity contribution in [2.75, 3.05) is 6.61 Å². The Bertz CT molecular complexity index is 430. The molecule has 0 spiro atoms. The van der Waals surface area contributed by atoms with Crippen LogP contribution >= 0.6 is 0 Å². The molecule has 2 heteroatoms. The van der Waals surface area contributed by atoms with Crippen LogP contribution in [0.5, 0.6) is 11.5 Å². The molecule has 0 bridgehead atoms. The number of hydrogen-bond donors (Lipinski definition) is 0. The van der Waals surface area contributed by atoms with Gasteiger partial charge in [-0.1, -0.05) is 0 Å². The zero-order valence-corrected chi connectivity index (χ0v) is 10.3. The molecule has 1 aromatic rings. The maximum absolute atomic E-state index is 5.89. The van der Waals surface area contributed by atoms with Crippen LogP contribution in [0, 0.1) is 0 Å². The Balaban J connectivity index is 2.42. The van der Waals surface area contributed by atoms with Crippen LogP contribution in [0.15, 0.2) is 24.3 Å². The van der Waals surface area contributed by atoms with E-state index >= 15 is 0 Å². The summed E-state index contributed by atoms with van der Waals surface area (Å²) in [5, 5.41) is 0. The number of allylic oxidation sites excluding steroid dienone is 1. The van der Waals surface area contributed by atoms with Gasteiger partial charge in [0.1, 0.15) is 17.1 Å². The van der Waals surface area contributed by atoms with Crippen molar-refractivity contribution in [2.45, 2.75) is 33.3 Å². The van der Waals surface area contributed by atoms with Crippen LogP contribution in [0.4, 0.5) is 0 Å². The molecular weight excluding hydrogens is 200 g/mol. The average molecular weight is 218 g/mol. The Kier molecular flexibility index (Phi) is 2.66. The van der Waals surface area contributed by atoms with E-state index in [1.54, 1.807) is 0 Å². The fourth-order valence-corrected chi connectivity index (χ4v) is 2.07. The maximum atomic E-state index is 5.89. The van der Waals surface area contributed by atoms with Crippen LogP contribution in [0.2, 0.25) is 0 Å². The van der Waals surface area contributed by atoms with Crippen molar-refractivity contribution in [3.05, 3.63) is 29.8 Å². The van der Waals surface area contributed by atoms with E-state index in [4.69, 9.17) is 9.47 Å². The summed E-state index contributed by atoms with van der Waals surface area (Å²) in [4.78, 5) is 0. The predicted octanol–water partition coefficient (Wildman–Crippen LogP) is 3.66. The highest BCUT2D eigenvalue weighted by Crippen LogP contribution is 2.37. The van der Waals surface area contributed by atoms with Crippen molar-refractivity contribution in [1.82, 2.24) is 0 Å². The Hall–Kier alpha value is -1.44. The van der Waals surface area contributed by atoms with Crippen LogP contribution in [-0.4, -0.2) is 12.2 Å². The van der Waals surface area contributed by atoms with Gasteiger partial charge in [-0.3, -0.25) is 0 Å². The van der Waals surface area contributed by atoms with Crippen LogP contribution in [0.3, 0.4) is 0 Å². The van der Waals surface area contributed by atoms with Gasteiger partial charge in [-0.2, -0.15) is 0 Å². The summed E-state index contributed by atoms with van der Waals surface area (Å²) < 4.78 is 11.4. The first kappa shape index (κ1) is 11.1. The Morgan fingerprint density at radius 3 is 2.75 bits per heavy atom.